The highest BCUT2D eigenvalue weighted by Crippen LogP contribution is 2.32. The van der Waals surface area contributed by atoms with Crippen LogP contribution < -0.4 is 0 Å². The third-order valence-corrected chi connectivity index (χ3v) is 4.91. The van der Waals surface area contributed by atoms with E-state index >= 15 is 0 Å². The number of fused-ring (bicyclic) bond motifs is 1. The Morgan fingerprint density at radius 2 is 2.23 bits per heavy atom. The number of hydrogen-bond donors (Lipinski definition) is 1. The molecule has 1 N–H and O–H groups in total. The first-order valence-electron chi connectivity index (χ1n) is 7.62. The largest absolute Gasteiger partial charge is 0.449 e. The number of rotatable bonds is 2. The van der Waals surface area contributed by atoms with Gasteiger partial charge in [0, 0.05) is 30.1 Å². The van der Waals surface area contributed by atoms with E-state index in [1.165, 1.54) is 0 Å². The molecule has 118 valence electrons. The molecule has 2 heterocycles. The van der Waals surface area contributed by atoms with Crippen LogP contribution in [-0.4, -0.2) is 35.1 Å². The maximum absolute atomic E-state index is 12.9. The summed E-state index contributed by atoms with van der Waals surface area (Å²) >= 11 is 6.16. The number of nitrogens with zero attached hydrogens (tertiary/aromatic N) is 1. The second-order valence-electron chi connectivity index (χ2n) is 6.11. The van der Waals surface area contributed by atoms with E-state index < -0.39 is 0 Å². The standard InChI is InChI=1S/C17H20ClNO3/c1-10-6-7-12(9-20)8-19(10)17(21)15-11(2)13-4-3-5-14(18)16(13)22-15/h3-5,10,12,20H,6-9H2,1-2H3. The summed E-state index contributed by atoms with van der Waals surface area (Å²) in [5.41, 5.74) is 1.38. The molecule has 2 unspecified atom stereocenters. The van der Waals surface area contributed by atoms with Crippen LogP contribution in [0.5, 0.6) is 0 Å². The van der Waals surface area contributed by atoms with Gasteiger partial charge in [-0.05, 0) is 38.7 Å². The molecular weight excluding hydrogens is 302 g/mol. The predicted molar refractivity (Wildman–Crippen MR) is 86.3 cm³/mol. The average Bonchev–Trinajstić information content (AvgIpc) is 2.86. The molecule has 0 spiro atoms. The first kappa shape index (κ1) is 15.4. The van der Waals surface area contributed by atoms with Crippen molar-refractivity contribution in [1.29, 1.82) is 0 Å². The van der Waals surface area contributed by atoms with Gasteiger partial charge in [-0.2, -0.15) is 0 Å². The molecule has 1 aromatic heterocycles. The maximum atomic E-state index is 12.9. The Hall–Kier alpha value is -1.52. The van der Waals surface area contributed by atoms with Crippen LogP contribution in [0.15, 0.2) is 22.6 Å². The van der Waals surface area contributed by atoms with Crippen molar-refractivity contribution in [2.75, 3.05) is 13.2 Å². The molecular formula is C17H20ClNO3. The zero-order valence-corrected chi connectivity index (χ0v) is 13.6. The number of piperidine rings is 1. The summed E-state index contributed by atoms with van der Waals surface area (Å²) in [7, 11) is 0. The van der Waals surface area contributed by atoms with E-state index in [-0.39, 0.29) is 24.5 Å². The van der Waals surface area contributed by atoms with Crippen LogP contribution >= 0.6 is 11.6 Å². The monoisotopic (exact) mass is 321 g/mol. The van der Waals surface area contributed by atoms with Gasteiger partial charge < -0.3 is 14.4 Å². The lowest BCUT2D eigenvalue weighted by Gasteiger charge is -2.37. The first-order chi connectivity index (χ1) is 10.5. The molecule has 3 rings (SSSR count). The molecule has 1 aliphatic rings. The van der Waals surface area contributed by atoms with E-state index in [2.05, 4.69) is 0 Å². The van der Waals surface area contributed by atoms with Crippen LogP contribution in [-0.2, 0) is 0 Å². The summed E-state index contributed by atoms with van der Waals surface area (Å²) in [5, 5.41) is 10.8. The van der Waals surface area contributed by atoms with Crippen molar-refractivity contribution in [3.63, 3.8) is 0 Å². The second-order valence-corrected chi connectivity index (χ2v) is 6.51. The fourth-order valence-corrected chi connectivity index (χ4v) is 3.37. The van der Waals surface area contributed by atoms with Crippen LogP contribution in [0.2, 0.25) is 5.02 Å². The van der Waals surface area contributed by atoms with Crippen molar-refractivity contribution in [2.45, 2.75) is 32.7 Å². The summed E-state index contributed by atoms with van der Waals surface area (Å²) < 4.78 is 5.78. The number of halogens is 1. The lowest BCUT2D eigenvalue weighted by molar-refractivity contribution is 0.0460. The van der Waals surface area contributed by atoms with Crippen molar-refractivity contribution >= 4 is 28.5 Å². The highest BCUT2D eigenvalue weighted by atomic mass is 35.5. The van der Waals surface area contributed by atoms with E-state index in [0.29, 0.717) is 22.9 Å². The van der Waals surface area contributed by atoms with E-state index in [1.54, 1.807) is 6.07 Å². The van der Waals surface area contributed by atoms with Gasteiger partial charge in [0.1, 0.15) is 0 Å². The molecule has 0 saturated carbocycles. The van der Waals surface area contributed by atoms with E-state index in [1.807, 2.05) is 30.9 Å². The SMILES string of the molecule is Cc1c(C(=O)N2CC(CO)CCC2C)oc2c(Cl)cccc12. The molecule has 2 aromatic rings. The number of aliphatic hydroxyl groups excluding tert-OH is 1. The number of amides is 1. The molecule has 0 aliphatic carbocycles. The Bertz CT molecular complexity index is 709. The van der Waals surface area contributed by atoms with Gasteiger partial charge in [-0.3, -0.25) is 4.79 Å². The maximum Gasteiger partial charge on any atom is 0.290 e. The minimum Gasteiger partial charge on any atom is -0.449 e. The average molecular weight is 322 g/mol. The molecule has 1 aliphatic heterocycles. The fraction of sp³-hybridized carbons (Fsp3) is 0.471. The number of hydrogen-bond acceptors (Lipinski definition) is 3. The number of aliphatic hydroxyl groups is 1. The molecule has 1 fully saturated rings. The number of furan rings is 1. The second kappa shape index (κ2) is 5.94. The van der Waals surface area contributed by atoms with Crippen molar-refractivity contribution in [2.24, 2.45) is 5.92 Å². The van der Waals surface area contributed by atoms with Crippen molar-refractivity contribution in [1.82, 2.24) is 4.90 Å². The number of likely N-dealkylation sites (tertiary alicyclic amines) is 1. The number of benzene rings is 1. The topological polar surface area (TPSA) is 53.7 Å². The van der Waals surface area contributed by atoms with E-state index in [0.717, 1.165) is 23.8 Å². The first-order valence-corrected chi connectivity index (χ1v) is 8.00. The Morgan fingerprint density at radius 1 is 1.45 bits per heavy atom. The summed E-state index contributed by atoms with van der Waals surface area (Å²) in [5.74, 6) is 0.386. The van der Waals surface area contributed by atoms with Gasteiger partial charge in [0.2, 0.25) is 0 Å². The van der Waals surface area contributed by atoms with Gasteiger partial charge in [-0.15, -0.1) is 0 Å². The summed E-state index contributed by atoms with van der Waals surface area (Å²) in [6.07, 6.45) is 1.85. The van der Waals surface area contributed by atoms with Crippen LogP contribution in [0.3, 0.4) is 0 Å². The van der Waals surface area contributed by atoms with Gasteiger partial charge in [-0.25, -0.2) is 0 Å². The number of carbonyl (C=O) groups is 1. The van der Waals surface area contributed by atoms with Crippen LogP contribution in [0.25, 0.3) is 11.0 Å². The molecule has 4 nitrogen and oxygen atoms in total. The number of aryl methyl sites for hydroxylation is 1. The zero-order chi connectivity index (χ0) is 15.9. The van der Waals surface area contributed by atoms with Gasteiger partial charge in [0.05, 0.1) is 5.02 Å². The van der Waals surface area contributed by atoms with Crippen LogP contribution in [0, 0.1) is 12.8 Å². The molecule has 1 amide bonds. The van der Waals surface area contributed by atoms with Crippen LogP contribution in [0.4, 0.5) is 0 Å². The molecule has 1 saturated heterocycles. The Balaban J connectivity index is 1.98. The lowest BCUT2D eigenvalue weighted by atomic mass is 9.93. The normalized spacial score (nSPS) is 22.3. The Morgan fingerprint density at radius 3 is 2.91 bits per heavy atom. The smallest absolute Gasteiger partial charge is 0.290 e. The van der Waals surface area contributed by atoms with E-state index in [9.17, 15) is 9.90 Å². The third kappa shape index (κ3) is 2.50. The van der Waals surface area contributed by atoms with Crippen molar-refractivity contribution in [3.8, 4) is 0 Å². The Labute approximate surface area is 134 Å². The molecule has 22 heavy (non-hydrogen) atoms. The molecule has 5 heteroatoms. The van der Waals surface area contributed by atoms with Gasteiger partial charge in [0.15, 0.2) is 11.3 Å². The van der Waals surface area contributed by atoms with Crippen molar-refractivity contribution < 1.29 is 14.3 Å². The van der Waals surface area contributed by atoms with Crippen LogP contribution in [0.1, 0.15) is 35.9 Å². The minimum absolute atomic E-state index is 0.113. The highest BCUT2D eigenvalue weighted by Gasteiger charge is 2.32. The van der Waals surface area contributed by atoms with Gasteiger partial charge >= 0.3 is 0 Å². The lowest BCUT2D eigenvalue weighted by Crippen LogP contribution is -2.46. The quantitative estimate of drug-likeness (QED) is 0.919. The summed E-state index contributed by atoms with van der Waals surface area (Å²) in [4.78, 5) is 14.7. The number of para-hydroxylation sites is 1. The predicted octanol–water partition coefficient (Wildman–Crippen LogP) is 3.63. The minimum atomic E-state index is -0.115. The summed E-state index contributed by atoms with van der Waals surface area (Å²) in [6, 6.07) is 5.67. The molecule has 0 bridgehead atoms. The zero-order valence-electron chi connectivity index (χ0n) is 12.8. The molecule has 2 atom stereocenters. The van der Waals surface area contributed by atoms with Crippen molar-refractivity contribution in [3.05, 3.63) is 34.5 Å². The number of carbonyl (C=O) groups excluding carboxylic acids is 1. The van der Waals surface area contributed by atoms with Gasteiger partial charge in [0.25, 0.3) is 5.91 Å². The fourth-order valence-electron chi connectivity index (χ4n) is 3.16. The highest BCUT2D eigenvalue weighted by molar-refractivity contribution is 6.35. The Kier molecular flexibility index (Phi) is 4.15. The molecule has 1 aromatic carbocycles. The summed E-state index contributed by atoms with van der Waals surface area (Å²) in [6.45, 7) is 4.60. The van der Waals surface area contributed by atoms with Gasteiger partial charge in [-0.1, -0.05) is 23.7 Å². The van der Waals surface area contributed by atoms with E-state index in [4.69, 9.17) is 16.0 Å². The molecule has 0 radical (unpaired) electrons. The third-order valence-electron chi connectivity index (χ3n) is 4.61.